The Hall–Kier alpha value is -2.40. The van der Waals surface area contributed by atoms with E-state index >= 15 is 0 Å². The fraction of sp³-hybridized carbons (Fsp3) is 0.458. The molecule has 2 amide bonds. The molecule has 0 saturated carbocycles. The summed E-state index contributed by atoms with van der Waals surface area (Å²) in [4.78, 5) is 20.0. The number of halogens is 1. The maximum absolute atomic E-state index is 13.7. The van der Waals surface area contributed by atoms with Crippen molar-refractivity contribution >= 4 is 6.03 Å². The maximum Gasteiger partial charge on any atom is 0.320 e. The normalized spacial score (nSPS) is 22.1. The minimum Gasteiger partial charge on any atom is -0.323 e. The van der Waals surface area contributed by atoms with E-state index in [9.17, 15) is 9.18 Å². The molecule has 0 spiro atoms. The van der Waals surface area contributed by atoms with Crippen LogP contribution in [0.4, 0.5) is 9.18 Å². The third-order valence-electron chi connectivity index (χ3n) is 6.05. The molecular weight excluding hydrogens is 365 g/mol. The molecule has 0 aromatic heterocycles. The molecule has 2 aromatic rings. The van der Waals surface area contributed by atoms with Crippen LogP contribution in [0.3, 0.4) is 0 Å². The van der Waals surface area contributed by atoms with Crippen LogP contribution in [-0.2, 0) is 6.42 Å². The Morgan fingerprint density at radius 1 is 1.00 bits per heavy atom. The Morgan fingerprint density at radius 3 is 2.48 bits per heavy atom. The summed E-state index contributed by atoms with van der Waals surface area (Å²) in [5.41, 5.74) is 3.41. The zero-order valence-electron chi connectivity index (χ0n) is 17.6. The molecule has 0 bridgehead atoms. The van der Waals surface area contributed by atoms with Gasteiger partial charge in [-0.2, -0.15) is 0 Å². The topological polar surface area (TPSA) is 26.8 Å². The average molecular weight is 396 g/mol. The molecule has 0 unspecified atom stereocenters. The van der Waals surface area contributed by atoms with E-state index in [4.69, 9.17) is 0 Å². The predicted octanol–water partition coefficient (Wildman–Crippen LogP) is 4.17. The van der Waals surface area contributed by atoms with Crippen LogP contribution in [0.15, 0.2) is 48.5 Å². The van der Waals surface area contributed by atoms with Gasteiger partial charge in [0, 0.05) is 32.7 Å². The largest absolute Gasteiger partial charge is 0.323 e. The van der Waals surface area contributed by atoms with Crippen molar-refractivity contribution in [1.82, 2.24) is 14.7 Å². The summed E-state index contributed by atoms with van der Waals surface area (Å²) in [5, 5.41) is 0. The Morgan fingerprint density at radius 2 is 1.72 bits per heavy atom. The zero-order chi connectivity index (χ0) is 20.6. The fourth-order valence-electron chi connectivity index (χ4n) is 4.87. The van der Waals surface area contributed by atoms with Gasteiger partial charge in [0.2, 0.25) is 0 Å². The first-order valence-electron chi connectivity index (χ1n) is 10.4. The van der Waals surface area contributed by atoms with E-state index in [0.717, 1.165) is 43.7 Å². The van der Waals surface area contributed by atoms with Crippen LogP contribution in [0.25, 0.3) is 0 Å². The van der Waals surface area contributed by atoms with E-state index in [1.165, 1.54) is 17.7 Å². The van der Waals surface area contributed by atoms with E-state index < -0.39 is 0 Å². The standard InChI is InChI=1S/C24H30FN3O/c1-24(2)16-26(3)14-15-27(17-24)23(29)28-13-12-18-6-4-5-7-21(18)22(28)19-8-10-20(25)11-9-19/h4-11,22H,12-17H2,1-3H3/t22-/m0/s1. The number of benzene rings is 2. The Labute approximate surface area is 172 Å². The number of rotatable bonds is 1. The molecule has 1 atom stereocenters. The van der Waals surface area contributed by atoms with Gasteiger partial charge in [-0.15, -0.1) is 0 Å². The molecule has 0 radical (unpaired) electrons. The number of carbonyl (C=O) groups excluding carboxylic acids is 1. The molecule has 2 aliphatic heterocycles. The van der Waals surface area contributed by atoms with Gasteiger partial charge in [-0.25, -0.2) is 9.18 Å². The first kappa shape index (κ1) is 19.9. The third kappa shape index (κ3) is 4.15. The molecule has 4 rings (SSSR count). The van der Waals surface area contributed by atoms with E-state index in [1.54, 1.807) is 0 Å². The van der Waals surface area contributed by atoms with Gasteiger partial charge in [-0.1, -0.05) is 50.2 Å². The van der Waals surface area contributed by atoms with Gasteiger partial charge >= 0.3 is 6.03 Å². The lowest BCUT2D eigenvalue weighted by molar-refractivity contribution is 0.126. The van der Waals surface area contributed by atoms with Gasteiger partial charge in [0.15, 0.2) is 0 Å². The second-order valence-electron chi connectivity index (χ2n) is 9.20. The highest BCUT2D eigenvalue weighted by molar-refractivity contribution is 5.76. The number of hydrogen-bond acceptors (Lipinski definition) is 2. The van der Waals surface area contributed by atoms with Crippen LogP contribution in [-0.4, -0.2) is 60.5 Å². The molecule has 29 heavy (non-hydrogen) atoms. The summed E-state index contributed by atoms with van der Waals surface area (Å²) in [7, 11) is 2.12. The summed E-state index contributed by atoms with van der Waals surface area (Å²) in [6, 6.07) is 14.8. The number of amides is 2. The number of carbonyl (C=O) groups is 1. The molecule has 5 heteroatoms. The van der Waals surface area contributed by atoms with Crippen LogP contribution in [0.1, 0.15) is 36.6 Å². The van der Waals surface area contributed by atoms with Crippen molar-refractivity contribution in [3.05, 3.63) is 71.0 Å². The van der Waals surface area contributed by atoms with Crippen molar-refractivity contribution in [1.29, 1.82) is 0 Å². The molecular formula is C24H30FN3O. The minimum absolute atomic E-state index is 0.0416. The van der Waals surface area contributed by atoms with Crippen molar-refractivity contribution in [2.75, 3.05) is 39.8 Å². The second-order valence-corrected chi connectivity index (χ2v) is 9.20. The number of likely N-dealkylation sites (N-methyl/N-ethyl adjacent to an activating group) is 1. The Bertz CT molecular complexity index is 880. The summed E-state index contributed by atoms with van der Waals surface area (Å²) in [6.07, 6.45) is 0.844. The fourth-order valence-corrected chi connectivity index (χ4v) is 4.87. The van der Waals surface area contributed by atoms with Gasteiger partial charge in [0.05, 0.1) is 6.04 Å². The minimum atomic E-state index is -0.256. The smallest absolute Gasteiger partial charge is 0.320 e. The summed E-state index contributed by atoms with van der Waals surface area (Å²) in [5.74, 6) is -0.256. The number of nitrogens with zero attached hydrogens (tertiary/aromatic N) is 3. The maximum atomic E-state index is 13.7. The van der Waals surface area contributed by atoms with Gasteiger partial charge in [0.25, 0.3) is 0 Å². The zero-order valence-corrected chi connectivity index (χ0v) is 17.6. The van der Waals surface area contributed by atoms with E-state index in [2.05, 4.69) is 37.9 Å². The van der Waals surface area contributed by atoms with Gasteiger partial charge in [0.1, 0.15) is 5.82 Å². The SMILES string of the molecule is CN1CCN(C(=O)N2CCc3ccccc3[C@@H]2c2ccc(F)cc2)CC(C)(C)C1. The first-order chi connectivity index (χ1) is 13.8. The van der Waals surface area contributed by atoms with Crippen LogP contribution >= 0.6 is 0 Å². The molecule has 2 heterocycles. The molecule has 0 N–H and O–H groups in total. The van der Waals surface area contributed by atoms with Crippen molar-refractivity contribution < 1.29 is 9.18 Å². The molecule has 1 fully saturated rings. The lowest BCUT2D eigenvalue weighted by Gasteiger charge is -2.41. The molecule has 2 aliphatic rings. The average Bonchev–Trinajstić information content (AvgIpc) is 2.84. The summed E-state index contributed by atoms with van der Waals surface area (Å²) in [6.45, 7) is 8.43. The predicted molar refractivity (Wildman–Crippen MR) is 113 cm³/mol. The number of urea groups is 1. The Balaban J connectivity index is 1.69. The molecule has 1 saturated heterocycles. The van der Waals surface area contributed by atoms with Crippen molar-refractivity contribution in [3.8, 4) is 0 Å². The monoisotopic (exact) mass is 395 g/mol. The molecule has 154 valence electrons. The lowest BCUT2D eigenvalue weighted by Crippen LogP contribution is -2.50. The molecule has 0 aliphatic carbocycles. The highest BCUT2D eigenvalue weighted by Crippen LogP contribution is 2.36. The van der Waals surface area contributed by atoms with Crippen LogP contribution in [0, 0.1) is 11.2 Å². The van der Waals surface area contributed by atoms with Crippen molar-refractivity contribution in [3.63, 3.8) is 0 Å². The van der Waals surface area contributed by atoms with Crippen LogP contribution in [0.2, 0.25) is 0 Å². The quantitative estimate of drug-likeness (QED) is 0.725. The molecule has 2 aromatic carbocycles. The summed E-state index contributed by atoms with van der Waals surface area (Å²) >= 11 is 0. The highest BCUT2D eigenvalue weighted by Gasteiger charge is 2.37. The van der Waals surface area contributed by atoms with E-state index in [1.807, 2.05) is 34.1 Å². The molecule has 4 nitrogen and oxygen atoms in total. The highest BCUT2D eigenvalue weighted by atomic mass is 19.1. The summed E-state index contributed by atoms with van der Waals surface area (Å²) < 4.78 is 13.6. The second kappa shape index (κ2) is 7.79. The van der Waals surface area contributed by atoms with Crippen LogP contribution < -0.4 is 0 Å². The van der Waals surface area contributed by atoms with Gasteiger partial charge in [-0.05, 0) is 47.7 Å². The van der Waals surface area contributed by atoms with Crippen LogP contribution in [0.5, 0.6) is 0 Å². The lowest BCUT2D eigenvalue weighted by atomic mass is 9.88. The number of fused-ring (bicyclic) bond motifs is 1. The first-order valence-corrected chi connectivity index (χ1v) is 10.4. The number of hydrogen-bond donors (Lipinski definition) is 0. The van der Waals surface area contributed by atoms with Crippen molar-refractivity contribution in [2.24, 2.45) is 5.41 Å². The Kier molecular flexibility index (Phi) is 5.34. The third-order valence-corrected chi connectivity index (χ3v) is 6.05. The van der Waals surface area contributed by atoms with Gasteiger partial charge < -0.3 is 14.7 Å². The van der Waals surface area contributed by atoms with Crippen molar-refractivity contribution in [2.45, 2.75) is 26.3 Å². The van der Waals surface area contributed by atoms with E-state index in [-0.39, 0.29) is 23.3 Å². The van der Waals surface area contributed by atoms with Gasteiger partial charge in [-0.3, -0.25) is 0 Å². The van der Waals surface area contributed by atoms with E-state index in [0.29, 0.717) is 6.54 Å².